The first kappa shape index (κ1) is 14.7. The maximum Gasteiger partial charge on any atom is 0.321 e. The van der Waals surface area contributed by atoms with E-state index in [1.54, 1.807) is 13.8 Å². The average molecular weight is 250 g/mol. The Balaban J connectivity index is 4.23. The van der Waals surface area contributed by atoms with E-state index in [4.69, 9.17) is 17.3 Å². The molecular formula is C9H16ClN3O3. The highest BCUT2D eigenvalue weighted by molar-refractivity contribution is 6.31. The highest BCUT2D eigenvalue weighted by Gasteiger charge is 2.24. The van der Waals surface area contributed by atoms with Crippen molar-refractivity contribution in [3.05, 3.63) is 0 Å². The molecule has 0 aromatic carbocycles. The lowest BCUT2D eigenvalue weighted by molar-refractivity contribution is -0.119. The van der Waals surface area contributed by atoms with Crippen molar-refractivity contribution in [3.63, 3.8) is 0 Å². The minimum absolute atomic E-state index is 0.0228. The number of carbonyl (C=O) groups is 3. The van der Waals surface area contributed by atoms with Gasteiger partial charge in [-0.3, -0.25) is 14.9 Å². The Labute approximate surface area is 98.9 Å². The van der Waals surface area contributed by atoms with Gasteiger partial charge < -0.3 is 11.1 Å². The number of hydrogen-bond donors (Lipinski definition) is 3. The maximum atomic E-state index is 11.3. The molecule has 0 bridgehead atoms. The van der Waals surface area contributed by atoms with Crippen LogP contribution in [0.25, 0.3) is 0 Å². The van der Waals surface area contributed by atoms with E-state index in [0.29, 0.717) is 0 Å². The maximum absolute atomic E-state index is 11.3. The van der Waals surface area contributed by atoms with E-state index in [9.17, 15) is 14.4 Å². The van der Waals surface area contributed by atoms with Gasteiger partial charge in [0.1, 0.15) is 5.38 Å². The molecular weight excluding hydrogens is 234 g/mol. The Bertz CT molecular complexity index is 302. The molecule has 16 heavy (non-hydrogen) atoms. The molecule has 0 aliphatic rings. The van der Waals surface area contributed by atoms with Crippen LogP contribution in [0.5, 0.6) is 0 Å². The number of hydrogen-bond acceptors (Lipinski definition) is 3. The molecule has 0 aromatic rings. The summed E-state index contributed by atoms with van der Waals surface area (Å²) in [6.07, 6.45) is -0.0228. The molecule has 0 radical (unpaired) electrons. The van der Waals surface area contributed by atoms with Crippen molar-refractivity contribution in [2.24, 2.45) is 5.73 Å². The van der Waals surface area contributed by atoms with Crippen LogP contribution >= 0.6 is 11.6 Å². The topological polar surface area (TPSA) is 101 Å². The Kier molecular flexibility index (Phi) is 5.23. The fourth-order valence-electron chi connectivity index (χ4n) is 1.03. The zero-order chi connectivity index (χ0) is 12.9. The van der Waals surface area contributed by atoms with Gasteiger partial charge in [-0.05, 0) is 20.8 Å². The van der Waals surface area contributed by atoms with Crippen LogP contribution in [0.15, 0.2) is 0 Å². The summed E-state index contributed by atoms with van der Waals surface area (Å²) >= 11 is 5.46. The summed E-state index contributed by atoms with van der Waals surface area (Å²) in [6, 6.07) is -0.705. The predicted molar refractivity (Wildman–Crippen MR) is 59.9 cm³/mol. The Hall–Kier alpha value is -1.30. The average Bonchev–Trinajstić information content (AvgIpc) is 1.98. The number of urea groups is 1. The van der Waals surface area contributed by atoms with Crippen LogP contribution < -0.4 is 16.4 Å². The van der Waals surface area contributed by atoms with E-state index in [1.165, 1.54) is 6.92 Å². The second-order valence-electron chi connectivity index (χ2n) is 4.09. The molecule has 0 spiro atoms. The number of nitrogens with one attached hydrogen (secondary N) is 2. The molecule has 0 aromatic heterocycles. The second kappa shape index (κ2) is 5.69. The van der Waals surface area contributed by atoms with Gasteiger partial charge in [-0.15, -0.1) is 11.6 Å². The number of amides is 4. The number of rotatable bonds is 4. The summed E-state index contributed by atoms with van der Waals surface area (Å²) in [6.45, 7) is 4.68. The summed E-state index contributed by atoms with van der Waals surface area (Å²) in [7, 11) is 0. The number of carbonyl (C=O) groups excluding carboxylic acids is 3. The van der Waals surface area contributed by atoms with E-state index >= 15 is 0 Å². The van der Waals surface area contributed by atoms with E-state index in [-0.39, 0.29) is 6.42 Å². The molecule has 0 heterocycles. The van der Waals surface area contributed by atoms with Crippen molar-refractivity contribution in [1.82, 2.24) is 10.6 Å². The minimum atomic E-state index is -0.814. The van der Waals surface area contributed by atoms with E-state index in [0.717, 1.165) is 0 Å². The zero-order valence-electron chi connectivity index (χ0n) is 9.46. The number of halogens is 1. The molecule has 92 valence electrons. The van der Waals surface area contributed by atoms with E-state index < -0.39 is 28.8 Å². The van der Waals surface area contributed by atoms with Crippen molar-refractivity contribution in [2.45, 2.75) is 38.1 Å². The molecule has 0 aliphatic heterocycles. The third-order valence-electron chi connectivity index (χ3n) is 1.67. The summed E-state index contributed by atoms with van der Waals surface area (Å²) in [4.78, 5) is 33.1. The molecule has 0 saturated carbocycles. The number of nitrogens with two attached hydrogens (primary N) is 1. The summed E-state index contributed by atoms with van der Waals surface area (Å²) in [5.41, 5.74) is 4.19. The van der Waals surface area contributed by atoms with Crippen molar-refractivity contribution in [3.8, 4) is 0 Å². The van der Waals surface area contributed by atoms with Crippen molar-refractivity contribution in [1.29, 1.82) is 0 Å². The van der Waals surface area contributed by atoms with Crippen molar-refractivity contribution in [2.75, 3.05) is 0 Å². The largest absolute Gasteiger partial charge is 0.370 e. The molecule has 0 aliphatic carbocycles. The number of alkyl halides is 1. The fraction of sp³-hybridized carbons (Fsp3) is 0.667. The van der Waals surface area contributed by atoms with Crippen LogP contribution in [0.2, 0.25) is 0 Å². The SMILES string of the molecule is CC(Cl)C(=O)NC(=O)NC(C)(C)CC(N)=O. The monoisotopic (exact) mass is 249 g/mol. The predicted octanol–water partition coefficient (Wildman–Crippen LogP) is 0.0935. The molecule has 7 heteroatoms. The first-order valence-corrected chi connectivity index (χ1v) is 5.13. The first-order valence-electron chi connectivity index (χ1n) is 4.69. The van der Waals surface area contributed by atoms with Crippen LogP contribution in [-0.2, 0) is 9.59 Å². The Morgan fingerprint density at radius 2 is 1.88 bits per heavy atom. The Morgan fingerprint density at radius 3 is 2.25 bits per heavy atom. The van der Waals surface area contributed by atoms with Gasteiger partial charge in [-0.25, -0.2) is 4.79 Å². The standard InChI is InChI=1S/C9H16ClN3O3/c1-5(10)7(15)12-8(16)13-9(2,3)4-6(11)14/h5H,4H2,1-3H3,(H2,11,14)(H2,12,13,15,16). The summed E-state index contributed by atoms with van der Waals surface area (Å²) in [5.74, 6) is -1.14. The van der Waals surface area contributed by atoms with Crippen LogP contribution in [0.3, 0.4) is 0 Å². The van der Waals surface area contributed by atoms with Crippen molar-refractivity contribution < 1.29 is 14.4 Å². The normalized spacial score (nSPS) is 12.8. The van der Waals surface area contributed by atoms with Gasteiger partial charge in [0.2, 0.25) is 11.8 Å². The molecule has 4 amide bonds. The smallest absolute Gasteiger partial charge is 0.321 e. The summed E-state index contributed by atoms with van der Waals surface area (Å²) in [5, 5.41) is 3.68. The summed E-state index contributed by atoms with van der Waals surface area (Å²) < 4.78 is 0. The van der Waals surface area contributed by atoms with Crippen molar-refractivity contribution >= 4 is 29.4 Å². The molecule has 0 rings (SSSR count). The molecule has 1 unspecified atom stereocenters. The van der Waals surface area contributed by atoms with E-state index in [2.05, 4.69) is 5.32 Å². The van der Waals surface area contributed by atoms with Crippen LogP contribution in [-0.4, -0.2) is 28.8 Å². The highest BCUT2D eigenvalue weighted by Crippen LogP contribution is 2.06. The van der Waals surface area contributed by atoms with Gasteiger partial charge >= 0.3 is 6.03 Å². The van der Waals surface area contributed by atoms with E-state index in [1.807, 2.05) is 5.32 Å². The zero-order valence-corrected chi connectivity index (χ0v) is 10.2. The van der Waals surface area contributed by atoms with Crippen LogP contribution in [0, 0.1) is 0 Å². The third kappa shape index (κ3) is 6.23. The lowest BCUT2D eigenvalue weighted by Crippen LogP contribution is -2.52. The highest BCUT2D eigenvalue weighted by atomic mass is 35.5. The molecule has 1 atom stereocenters. The minimum Gasteiger partial charge on any atom is -0.370 e. The third-order valence-corrected chi connectivity index (χ3v) is 1.86. The van der Waals surface area contributed by atoms with Gasteiger partial charge in [-0.2, -0.15) is 0 Å². The lowest BCUT2D eigenvalue weighted by atomic mass is 10.0. The van der Waals surface area contributed by atoms with Crippen LogP contribution in [0.1, 0.15) is 27.2 Å². The quantitative estimate of drug-likeness (QED) is 0.616. The molecule has 4 N–H and O–H groups in total. The number of imide groups is 1. The van der Waals surface area contributed by atoms with Gasteiger partial charge in [0, 0.05) is 12.0 Å². The van der Waals surface area contributed by atoms with Gasteiger partial charge in [0.15, 0.2) is 0 Å². The molecule has 0 fully saturated rings. The lowest BCUT2D eigenvalue weighted by Gasteiger charge is -2.24. The molecule has 0 saturated heterocycles. The second-order valence-corrected chi connectivity index (χ2v) is 4.74. The first-order chi connectivity index (χ1) is 7.14. The van der Waals surface area contributed by atoms with Gasteiger partial charge in [0.05, 0.1) is 0 Å². The van der Waals surface area contributed by atoms with Gasteiger partial charge in [0.25, 0.3) is 0 Å². The number of primary amides is 1. The fourth-order valence-corrected chi connectivity index (χ4v) is 1.08. The van der Waals surface area contributed by atoms with Crippen LogP contribution in [0.4, 0.5) is 4.79 Å². The Morgan fingerprint density at radius 1 is 1.38 bits per heavy atom. The molecule has 6 nitrogen and oxygen atoms in total. The van der Waals surface area contributed by atoms with Gasteiger partial charge in [-0.1, -0.05) is 0 Å².